The summed E-state index contributed by atoms with van der Waals surface area (Å²) in [5.41, 5.74) is 0.666. The number of hydrogen-bond acceptors (Lipinski definition) is 6. The van der Waals surface area contributed by atoms with Crippen LogP contribution in [0.25, 0.3) is 11.5 Å². The van der Waals surface area contributed by atoms with Crippen LogP contribution in [-0.2, 0) is 16.1 Å². The van der Waals surface area contributed by atoms with Crippen LogP contribution < -0.4 is 10.6 Å². The molecule has 0 saturated heterocycles. The first-order valence-electron chi connectivity index (χ1n) is 6.66. The lowest BCUT2D eigenvalue weighted by Crippen LogP contribution is -2.18. The van der Waals surface area contributed by atoms with Gasteiger partial charge in [0, 0.05) is 24.5 Å². The molecular weight excluding hydrogens is 322 g/mol. The summed E-state index contributed by atoms with van der Waals surface area (Å²) >= 11 is 2.98. The van der Waals surface area contributed by atoms with Gasteiger partial charge in [-0.25, -0.2) is 4.98 Å². The van der Waals surface area contributed by atoms with Crippen molar-refractivity contribution in [3.63, 3.8) is 0 Å². The van der Waals surface area contributed by atoms with Gasteiger partial charge in [-0.05, 0) is 18.4 Å². The van der Waals surface area contributed by atoms with Gasteiger partial charge in [-0.3, -0.25) is 9.59 Å². The van der Waals surface area contributed by atoms with Gasteiger partial charge in [-0.1, -0.05) is 0 Å². The number of thiazole rings is 1. The second-order valence-electron chi connectivity index (χ2n) is 4.50. The van der Waals surface area contributed by atoms with Gasteiger partial charge < -0.3 is 15.1 Å². The largest absolute Gasteiger partial charge is 0.458 e. The van der Waals surface area contributed by atoms with E-state index in [0.717, 1.165) is 5.75 Å². The molecule has 2 aromatic rings. The lowest BCUT2D eigenvalue weighted by atomic mass is 10.3. The van der Waals surface area contributed by atoms with E-state index in [1.165, 1.54) is 18.3 Å². The molecule has 2 amide bonds. The molecule has 118 valence electrons. The van der Waals surface area contributed by atoms with Crippen LogP contribution in [0.1, 0.15) is 19.1 Å². The lowest BCUT2D eigenvalue weighted by Gasteiger charge is -1.99. The molecule has 2 N–H and O–H groups in total. The van der Waals surface area contributed by atoms with Gasteiger partial charge in [0.05, 0.1) is 6.54 Å². The lowest BCUT2D eigenvalue weighted by molar-refractivity contribution is -0.119. The highest BCUT2D eigenvalue weighted by Gasteiger charge is 2.11. The van der Waals surface area contributed by atoms with Crippen molar-refractivity contribution in [2.75, 3.05) is 17.3 Å². The van der Waals surface area contributed by atoms with E-state index in [-0.39, 0.29) is 11.8 Å². The van der Waals surface area contributed by atoms with E-state index in [0.29, 0.717) is 35.3 Å². The van der Waals surface area contributed by atoms with Gasteiger partial charge in [0.15, 0.2) is 10.9 Å². The fraction of sp³-hybridized carbons (Fsp3) is 0.357. The third-order valence-electron chi connectivity index (χ3n) is 2.71. The molecule has 0 saturated carbocycles. The summed E-state index contributed by atoms with van der Waals surface area (Å²) < 4.78 is 5.62. The Kier molecular flexibility index (Phi) is 6.02. The van der Waals surface area contributed by atoms with Crippen LogP contribution in [0.15, 0.2) is 21.9 Å². The van der Waals surface area contributed by atoms with Gasteiger partial charge in [-0.15, -0.1) is 11.3 Å². The highest BCUT2D eigenvalue weighted by Crippen LogP contribution is 2.26. The van der Waals surface area contributed by atoms with Crippen LogP contribution in [0.2, 0.25) is 0 Å². The standard InChI is InChI=1S/C14H17N3O3S2/c1-9(18)15-7-10-3-4-12(20-10)11-8-22-14(16-11)17-13(19)5-6-21-2/h3-4,8H,5-7H2,1-2H3,(H,15,18)(H,16,17,19). The van der Waals surface area contributed by atoms with Crippen LogP contribution in [0.4, 0.5) is 5.13 Å². The molecule has 0 atom stereocenters. The first kappa shape index (κ1) is 16.6. The summed E-state index contributed by atoms with van der Waals surface area (Å²) in [4.78, 5) is 26.9. The SMILES string of the molecule is CSCCC(=O)Nc1nc(-c2ccc(CNC(C)=O)o2)cs1. The number of furan rings is 1. The van der Waals surface area contributed by atoms with E-state index in [4.69, 9.17) is 4.42 Å². The molecule has 0 aliphatic rings. The number of carbonyl (C=O) groups excluding carboxylic acids is 2. The van der Waals surface area contributed by atoms with Crippen LogP contribution in [-0.4, -0.2) is 28.8 Å². The highest BCUT2D eigenvalue weighted by atomic mass is 32.2. The summed E-state index contributed by atoms with van der Waals surface area (Å²) in [5, 5.41) is 7.82. The maximum Gasteiger partial charge on any atom is 0.226 e. The molecule has 0 fully saturated rings. The van der Waals surface area contributed by atoms with Crippen molar-refractivity contribution in [1.82, 2.24) is 10.3 Å². The molecule has 0 aliphatic carbocycles. The van der Waals surface area contributed by atoms with Gasteiger partial charge >= 0.3 is 0 Å². The Morgan fingerprint density at radius 1 is 1.41 bits per heavy atom. The Hall–Kier alpha value is -1.80. The second kappa shape index (κ2) is 8.00. The molecule has 8 heteroatoms. The third-order valence-corrected chi connectivity index (χ3v) is 4.08. The summed E-state index contributed by atoms with van der Waals surface area (Å²) in [7, 11) is 0. The molecule has 0 radical (unpaired) electrons. The van der Waals surface area contributed by atoms with E-state index in [9.17, 15) is 9.59 Å². The van der Waals surface area contributed by atoms with Crippen LogP contribution >= 0.6 is 23.1 Å². The van der Waals surface area contributed by atoms with E-state index in [1.54, 1.807) is 23.9 Å². The van der Waals surface area contributed by atoms with E-state index < -0.39 is 0 Å². The zero-order valence-corrected chi connectivity index (χ0v) is 14.0. The monoisotopic (exact) mass is 339 g/mol. The Bertz CT molecular complexity index is 651. The molecular formula is C14H17N3O3S2. The molecule has 2 heterocycles. The number of thioether (sulfide) groups is 1. The fourth-order valence-electron chi connectivity index (χ4n) is 1.64. The second-order valence-corrected chi connectivity index (χ2v) is 6.35. The molecule has 0 spiro atoms. The molecule has 2 aromatic heterocycles. The molecule has 0 aliphatic heterocycles. The number of hydrogen-bond donors (Lipinski definition) is 2. The third kappa shape index (κ3) is 4.88. The van der Waals surface area contributed by atoms with Crippen molar-refractivity contribution in [2.24, 2.45) is 0 Å². The fourth-order valence-corrected chi connectivity index (χ4v) is 2.75. The number of amides is 2. The number of nitrogens with zero attached hydrogens (tertiary/aromatic N) is 1. The van der Waals surface area contributed by atoms with Crippen molar-refractivity contribution in [2.45, 2.75) is 19.9 Å². The minimum absolute atomic E-state index is 0.0407. The smallest absolute Gasteiger partial charge is 0.226 e. The highest BCUT2D eigenvalue weighted by molar-refractivity contribution is 7.98. The Morgan fingerprint density at radius 3 is 2.95 bits per heavy atom. The van der Waals surface area contributed by atoms with Crippen LogP contribution in [0.5, 0.6) is 0 Å². The predicted octanol–water partition coefficient (Wildman–Crippen LogP) is 2.73. The maximum absolute atomic E-state index is 11.6. The minimum Gasteiger partial charge on any atom is -0.458 e. The Morgan fingerprint density at radius 2 is 2.23 bits per heavy atom. The molecule has 2 rings (SSSR count). The van der Waals surface area contributed by atoms with Gasteiger partial charge in [0.1, 0.15) is 11.5 Å². The molecule has 0 unspecified atom stereocenters. The van der Waals surface area contributed by atoms with Crippen molar-refractivity contribution >= 4 is 40.0 Å². The number of nitrogens with one attached hydrogen (secondary N) is 2. The minimum atomic E-state index is -0.109. The quantitative estimate of drug-likeness (QED) is 0.810. The number of anilines is 1. The number of carbonyl (C=O) groups is 2. The zero-order valence-electron chi connectivity index (χ0n) is 12.3. The topological polar surface area (TPSA) is 84.2 Å². The predicted molar refractivity (Wildman–Crippen MR) is 89.0 cm³/mol. The van der Waals surface area contributed by atoms with E-state index in [1.807, 2.05) is 11.6 Å². The summed E-state index contributed by atoms with van der Waals surface area (Å²) in [6.45, 7) is 1.80. The van der Waals surface area contributed by atoms with E-state index >= 15 is 0 Å². The van der Waals surface area contributed by atoms with Crippen LogP contribution in [0.3, 0.4) is 0 Å². The van der Waals surface area contributed by atoms with Crippen molar-refractivity contribution in [3.05, 3.63) is 23.3 Å². The average molecular weight is 339 g/mol. The van der Waals surface area contributed by atoms with E-state index in [2.05, 4.69) is 15.6 Å². The maximum atomic E-state index is 11.6. The first-order chi connectivity index (χ1) is 10.6. The molecule has 6 nitrogen and oxygen atoms in total. The normalized spacial score (nSPS) is 10.5. The van der Waals surface area contributed by atoms with Gasteiger partial charge in [0.2, 0.25) is 11.8 Å². The summed E-state index contributed by atoms with van der Waals surface area (Å²) in [6, 6.07) is 3.59. The molecule has 0 aromatic carbocycles. The summed E-state index contributed by atoms with van der Waals surface area (Å²) in [6.07, 6.45) is 2.43. The van der Waals surface area contributed by atoms with Gasteiger partial charge in [0.25, 0.3) is 0 Å². The van der Waals surface area contributed by atoms with Crippen LogP contribution in [0, 0.1) is 0 Å². The zero-order chi connectivity index (χ0) is 15.9. The van der Waals surface area contributed by atoms with Gasteiger partial charge in [-0.2, -0.15) is 11.8 Å². The van der Waals surface area contributed by atoms with Crippen molar-refractivity contribution in [1.29, 1.82) is 0 Å². The number of aromatic nitrogens is 1. The molecule has 0 bridgehead atoms. The Labute approximate surface area is 136 Å². The molecule has 22 heavy (non-hydrogen) atoms. The number of rotatable bonds is 7. The Balaban J connectivity index is 1.96. The first-order valence-corrected chi connectivity index (χ1v) is 8.93. The summed E-state index contributed by atoms with van der Waals surface area (Å²) in [5.74, 6) is 1.90. The van der Waals surface area contributed by atoms with Crippen molar-refractivity contribution in [3.8, 4) is 11.5 Å². The van der Waals surface area contributed by atoms with Crippen molar-refractivity contribution < 1.29 is 14.0 Å². The average Bonchev–Trinajstić information content (AvgIpc) is 3.11.